The molecule has 1 aliphatic rings. The van der Waals surface area contributed by atoms with Crippen LogP contribution < -0.4 is 5.73 Å². The molecule has 0 bridgehead atoms. The van der Waals surface area contributed by atoms with E-state index in [0.29, 0.717) is 11.3 Å². The zero-order valence-electron chi connectivity index (χ0n) is 13.6. The van der Waals surface area contributed by atoms with E-state index in [0.717, 1.165) is 32.7 Å². The van der Waals surface area contributed by atoms with Crippen LogP contribution in [0.2, 0.25) is 0 Å². The van der Waals surface area contributed by atoms with E-state index in [1.54, 1.807) is 18.5 Å². The number of anilines is 1. The number of hydrogen-bond donors (Lipinski definition) is 1. The van der Waals surface area contributed by atoms with Gasteiger partial charge in [-0.05, 0) is 11.6 Å². The number of nitrogens with zero attached hydrogens (tertiary/aromatic N) is 3. The van der Waals surface area contributed by atoms with Crippen LogP contribution in [0.4, 0.5) is 5.69 Å². The highest BCUT2D eigenvalue weighted by Gasteiger charge is 2.21. The van der Waals surface area contributed by atoms with Crippen molar-refractivity contribution in [3.8, 4) is 0 Å². The molecule has 5 heteroatoms. The molecule has 0 saturated carbocycles. The second kappa shape index (κ2) is 7.75. The molecular formula is C19H22N4O. The van der Waals surface area contributed by atoms with Crippen molar-refractivity contribution in [2.24, 2.45) is 0 Å². The molecule has 1 aliphatic heterocycles. The molecule has 2 N–H and O–H groups in total. The van der Waals surface area contributed by atoms with Gasteiger partial charge in [0.05, 0.1) is 11.3 Å². The molecule has 0 aliphatic carbocycles. The lowest BCUT2D eigenvalue weighted by molar-refractivity contribution is 0.0650. The van der Waals surface area contributed by atoms with Crippen molar-refractivity contribution < 1.29 is 4.79 Å². The van der Waals surface area contributed by atoms with E-state index >= 15 is 0 Å². The number of rotatable bonds is 4. The second-order valence-electron chi connectivity index (χ2n) is 5.91. The van der Waals surface area contributed by atoms with Crippen LogP contribution in [-0.4, -0.2) is 53.4 Å². The summed E-state index contributed by atoms with van der Waals surface area (Å²) in [6.45, 7) is 4.11. The van der Waals surface area contributed by atoms with Gasteiger partial charge in [0.15, 0.2) is 0 Å². The quantitative estimate of drug-likeness (QED) is 0.937. The summed E-state index contributed by atoms with van der Waals surface area (Å²) >= 11 is 0. The zero-order chi connectivity index (χ0) is 16.8. The van der Waals surface area contributed by atoms with Gasteiger partial charge in [0.25, 0.3) is 5.91 Å². The molecule has 124 valence electrons. The molecule has 1 saturated heterocycles. The van der Waals surface area contributed by atoms with Crippen molar-refractivity contribution in [3.63, 3.8) is 0 Å². The number of nitrogens with two attached hydrogens (primary N) is 1. The first kappa shape index (κ1) is 16.2. The van der Waals surface area contributed by atoms with Gasteiger partial charge in [0.2, 0.25) is 0 Å². The minimum absolute atomic E-state index is 0.00859. The van der Waals surface area contributed by atoms with Gasteiger partial charge in [-0.3, -0.25) is 14.7 Å². The van der Waals surface area contributed by atoms with E-state index in [9.17, 15) is 4.79 Å². The summed E-state index contributed by atoms with van der Waals surface area (Å²) in [5.74, 6) is 0.00859. The molecule has 5 nitrogen and oxygen atoms in total. The smallest absolute Gasteiger partial charge is 0.255 e. The second-order valence-corrected chi connectivity index (χ2v) is 5.91. The van der Waals surface area contributed by atoms with Crippen molar-refractivity contribution in [2.45, 2.75) is 0 Å². The van der Waals surface area contributed by atoms with Crippen LogP contribution in [0.5, 0.6) is 0 Å². The maximum Gasteiger partial charge on any atom is 0.255 e. The molecule has 0 spiro atoms. The number of pyridine rings is 1. The fourth-order valence-corrected chi connectivity index (χ4v) is 2.79. The predicted molar refractivity (Wildman–Crippen MR) is 96.5 cm³/mol. The Morgan fingerprint density at radius 1 is 1.12 bits per heavy atom. The minimum Gasteiger partial charge on any atom is -0.397 e. The molecule has 2 aromatic rings. The van der Waals surface area contributed by atoms with Crippen LogP contribution in [0.15, 0.2) is 54.9 Å². The highest BCUT2D eigenvalue weighted by Crippen LogP contribution is 2.11. The largest absolute Gasteiger partial charge is 0.397 e. The first-order valence-corrected chi connectivity index (χ1v) is 8.16. The van der Waals surface area contributed by atoms with Crippen molar-refractivity contribution in [1.29, 1.82) is 0 Å². The van der Waals surface area contributed by atoms with Crippen LogP contribution in [0.25, 0.3) is 6.08 Å². The SMILES string of the molecule is Nc1cncc(C(=O)N2CCN(C/C=C/c3ccccc3)CC2)c1. The lowest BCUT2D eigenvalue weighted by Gasteiger charge is -2.34. The molecular weight excluding hydrogens is 300 g/mol. The molecule has 1 aromatic carbocycles. The van der Waals surface area contributed by atoms with Gasteiger partial charge >= 0.3 is 0 Å². The highest BCUT2D eigenvalue weighted by atomic mass is 16.2. The molecule has 0 radical (unpaired) electrons. The summed E-state index contributed by atoms with van der Waals surface area (Å²) < 4.78 is 0. The van der Waals surface area contributed by atoms with Crippen LogP contribution >= 0.6 is 0 Å². The Morgan fingerprint density at radius 2 is 1.88 bits per heavy atom. The molecule has 1 fully saturated rings. The fourth-order valence-electron chi connectivity index (χ4n) is 2.79. The molecule has 24 heavy (non-hydrogen) atoms. The molecule has 2 heterocycles. The van der Waals surface area contributed by atoms with Gasteiger partial charge in [-0.2, -0.15) is 0 Å². The molecule has 0 atom stereocenters. The summed E-state index contributed by atoms with van der Waals surface area (Å²) in [7, 11) is 0. The Morgan fingerprint density at radius 3 is 2.58 bits per heavy atom. The van der Waals surface area contributed by atoms with Crippen LogP contribution in [0.1, 0.15) is 15.9 Å². The Kier molecular flexibility index (Phi) is 5.23. The molecule has 0 unspecified atom stereocenters. The van der Waals surface area contributed by atoms with Gasteiger partial charge in [-0.1, -0.05) is 42.5 Å². The number of hydrogen-bond acceptors (Lipinski definition) is 4. The minimum atomic E-state index is 0.00859. The lowest BCUT2D eigenvalue weighted by atomic mass is 10.2. The van der Waals surface area contributed by atoms with Gasteiger partial charge in [0.1, 0.15) is 0 Å². The van der Waals surface area contributed by atoms with E-state index in [1.807, 2.05) is 23.1 Å². The van der Waals surface area contributed by atoms with Crippen molar-refractivity contribution >= 4 is 17.7 Å². The van der Waals surface area contributed by atoms with Gasteiger partial charge in [0, 0.05) is 45.1 Å². The van der Waals surface area contributed by atoms with Gasteiger partial charge < -0.3 is 10.6 Å². The summed E-state index contributed by atoms with van der Waals surface area (Å²) in [4.78, 5) is 20.7. The average molecular weight is 322 g/mol. The number of carbonyl (C=O) groups excluding carboxylic acids is 1. The maximum absolute atomic E-state index is 12.5. The number of nitrogen functional groups attached to an aromatic ring is 1. The summed E-state index contributed by atoms with van der Waals surface area (Å²) in [5, 5.41) is 0. The zero-order valence-corrected chi connectivity index (χ0v) is 13.6. The summed E-state index contributed by atoms with van der Waals surface area (Å²) in [5.41, 5.74) is 7.99. The van der Waals surface area contributed by atoms with Crippen molar-refractivity contribution in [3.05, 3.63) is 66.0 Å². The summed E-state index contributed by atoms with van der Waals surface area (Å²) in [6.07, 6.45) is 7.44. The number of amides is 1. The van der Waals surface area contributed by atoms with E-state index in [2.05, 4.69) is 34.2 Å². The predicted octanol–water partition coefficient (Wildman–Crippen LogP) is 2.13. The normalized spacial score (nSPS) is 15.8. The third-order valence-electron chi connectivity index (χ3n) is 4.14. The van der Waals surface area contributed by atoms with E-state index < -0.39 is 0 Å². The topological polar surface area (TPSA) is 62.5 Å². The Hall–Kier alpha value is -2.66. The average Bonchev–Trinajstić information content (AvgIpc) is 2.63. The molecule has 1 amide bonds. The van der Waals surface area contributed by atoms with E-state index in [4.69, 9.17) is 5.73 Å². The highest BCUT2D eigenvalue weighted by molar-refractivity contribution is 5.94. The van der Waals surface area contributed by atoms with Crippen LogP contribution in [0.3, 0.4) is 0 Å². The Balaban J connectivity index is 1.49. The first-order valence-electron chi connectivity index (χ1n) is 8.16. The van der Waals surface area contributed by atoms with E-state index in [-0.39, 0.29) is 5.91 Å². The standard InChI is InChI=1S/C19H22N4O/c20-18-13-17(14-21-15-18)19(24)23-11-9-22(10-12-23)8-4-7-16-5-2-1-3-6-16/h1-7,13-15H,8-12,20H2/b7-4+. The molecule has 1 aromatic heterocycles. The number of piperazine rings is 1. The Labute approximate surface area is 142 Å². The first-order chi connectivity index (χ1) is 11.7. The number of carbonyl (C=O) groups is 1. The molecule has 3 rings (SSSR count). The van der Waals surface area contributed by atoms with Crippen LogP contribution in [0, 0.1) is 0 Å². The van der Waals surface area contributed by atoms with E-state index in [1.165, 1.54) is 5.56 Å². The lowest BCUT2D eigenvalue weighted by Crippen LogP contribution is -2.48. The van der Waals surface area contributed by atoms with Gasteiger partial charge in [-0.15, -0.1) is 0 Å². The monoisotopic (exact) mass is 322 g/mol. The van der Waals surface area contributed by atoms with Crippen LogP contribution in [-0.2, 0) is 0 Å². The third kappa shape index (κ3) is 4.20. The van der Waals surface area contributed by atoms with Crippen molar-refractivity contribution in [1.82, 2.24) is 14.8 Å². The third-order valence-corrected chi connectivity index (χ3v) is 4.14. The fraction of sp³-hybridized carbons (Fsp3) is 0.263. The van der Waals surface area contributed by atoms with Gasteiger partial charge in [-0.25, -0.2) is 0 Å². The van der Waals surface area contributed by atoms with Crippen molar-refractivity contribution in [2.75, 3.05) is 38.5 Å². The maximum atomic E-state index is 12.5. The number of aromatic nitrogens is 1. The Bertz CT molecular complexity index is 706. The summed E-state index contributed by atoms with van der Waals surface area (Å²) in [6, 6.07) is 12.0. The number of benzene rings is 1.